The van der Waals surface area contributed by atoms with Gasteiger partial charge in [-0.25, -0.2) is 0 Å². The van der Waals surface area contributed by atoms with Crippen molar-refractivity contribution in [2.45, 2.75) is 31.8 Å². The minimum absolute atomic E-state index is 0.631. The van der Waals surface area contributed by atoms with Gasteiger partial charge in [0, 0.05) is 26.7 Å². The highest BCUT2D eigenvalue weighted by Gasteiger charge is 2.19. The smallest absolute Gasteiger partial charge is 0.193 e. The second-order valence-corrected chi connectivity index (χ2v) is 4.66. The molecule has 2 rings (SSSR count). The molecule has 0 bridgehead atoms. The molecule has 17 heavy (non-hydrogen) atoms. The maximum absolute atomic E-state index is 4.34. The van der Waals surface area contributed by atoms with Gasteiger partial charge in [0.05, 0.1) is 0 Å². The highest BCUT2D eigenvalue weighted by atomic mass is 15.3. The van der Waals surface area contributed by atoms with Gasteiger partial charge in [0.15, 0.2) is 5.96 Å². The van der Waals surface area contributed by atoms with Crippen molar-refractivity contribution in [2.24, 2.45) is 4.99 Å². The Hall–Kier alpha value is -1.51. The van der Waals surface area contributed by atoms with Gasteiger partial charge in [-0.2, -0.15) is 0 Å². The van der Waals surface area contributed by atoms with Crippen molar-refractivity contribution in [1.29, 1.82) is 0 Å². The SMILES string of the molecule is CN=C(NC1CCC1)N(C)Cc1ccccc1. The molecule has 0 heterocycles. The zero-order valence-electron chi connectivity index (χ0n) is 10.7. The molecule has 0 saturated heterocycles. The van der Waals surface area contributed by atoms with Crippen LogP contribution >= 0.6 is 0 Å². The molecular formula is C14H21N3. The summed E-state index contributed by atoms with van der Waals surface area (Å²) in [5.41, 5.74) is 1.31. The summed E-state index contributed by atoms with van der Waals surface area (Å²) in [5, 5.41) is 3.50. The third-order valence-electron chi connectivity index (χ3n) is 3.27. The average Bonchev–Trinajstić information content (AvgIpc) is 2.29. The summed E-state index contributed by atoms with van der Waals surface area (Å²) in [5.74, 6) is 0.999. The van der Waals surface area contributed by atoms with Crippen molar-refractivity contribution in [3.05, 3.63) is 35.9 Å². The van der Waals surface area contributed by atoms with Gasteiger partial charge >= 0.3 is 0 Å². The Morgan fingerprint density at radius 1 is 1.35 bits per heavy atom. The van der Waals surface area contributed by atoms with E-state index in [9.17, 15) is 0 Å². The van der Waals surface area contributed by atoms with E-state index in [1.165, 1.54) is 24.8 Å². The van der Waals surface area contributed by atoms with Crippen LogP contribution in [0.2, 0.25) is 0 Å². The Labute approximate surface area is 104 Å². The van der Waals surface area contributed by atoms with Crippen molar-refractivity contribution in [3.8, 4) is 0 Å². The summed E-state index contributed by atoms with van der Waals surface area (Å²) < 4.78 is 0. The number of rotatable bonds is 3. The maximum Gasteiger partial charge on any atom is 0.193 e. The third-order valence-corrected chi connectivity index (χ3v) is 3.27. The van der Waals surface area contributed by atoms with Crippen molar-refractivity contribution >= 4 is 5.96 Å². The van der Waals surface area contributed by atoms with E-state index < -0.39 is 0 Å². The first-order valence-corrected chi connectivity index (χ1v) is 6.28. The molecule has 0 spiro atoms. The predicted octanol–water partition coefficient (Wildman–Crippen LogP) is 2.25. The largest absolute Gasteiger partial charge is 0.354 e. The molecule has 1 N–H and O–H groups in total. The van der Waals surface area contributed by atoms with E-state index in [1.807, 2.05) is 13.1 Å². The highest BCUT2D eigenvalue weighted by Crippen LogP contribution is 2.18. The minimum Gasteiger partial charge on any atom is -0.354 e. The van der Waals surface area contributed by atoms with Gasteiger partial charge in [0.2, 0.25) is 0 Å². The standard InChI is InChI=1S/C14H21N3/c1-15-14(16-13-9-6-10-13)17(2)11-12-7-4-3-5-8-12/h3-5,7-8,13H,6,9-11H2,1-2H3,(H,15,16). The molecule has 0 unspecified atom stereocenters. The second-order valence-electron chi connectivity index (χ2n) is 4.66. The summed E-state index contributed by atoms with van der Waals surface area (Å²) in [7, 11) is 3.93. The number of benzene rings is 1. The molecule has 0 aromatic heterocycles. The molecule has 1 aromatic carbocycles. The predicted molar refractivity (Wildman–Crippen MR) is 72.0 cm³/mol. The van der Waals surface area contributed by atoms with Crippen LogP contribution in [0.25, 0.3) is 0 Å². The fourth-order valence-corrected chi connectivity index (χ4v) is 2.01. The molecule has 3 heteroatoms. The lowest BCUT2D eigenvalue weighted by atomic mass is 9.93. The van der Waals surface area contributed by atoms with Crippen LogP contribution in [0, 0.1) is 0 Å². The first-order chi connectivity index (χ1) is 8.29. The Kier molecular flexibility index (Phi) is 4.02. The molecule has 1 aromatic rings. The minimum atomic E-state index is 0.631. The second kappa shape index (κ2) is 5.71. The molecule has 1 fully saturated rings. The van der Waals surface area contributed by atoms with Crippen LogP contribution in [0.3, 0.4) is 0 Å². The van der Waals surface area contributed by atoms with Crippen LogP contribution in [0.4, 0.5) is 0 Å². The van der Waals surface area contributed by atoms with Crippen LogP contribution < -0.4 is 5.32 Å². The Morgan fingerprint density at radius 2 is 2.06 bits per heavy atom. The van der Waals surface area contributed by atoms with E-state index in [-0.39, 0.29) is 0 Å². The Balaban J connectivity index is 1.90. The van der Waals surface area contributed by atoms with E-state index in [0.29, 0.717) is 6.04 Å². The molecular weight excluding hydrogens is 210 g/mol. The van der Waals surface area contributed by atoms with Gasteiger partial charge in [-0.3, -0.25) is 4.99 Å². The lowest BCUT2D eigenvalue weighted by Gasteiger charge is -2.31. The number of nitrogens with one attached hydrogen (secondary N) is 1. The number of guanidine groups is 1. The normalized spacial score (nSPS) is 16.5. The third kappa shape index (κ3) is 3.22. The summed E-state index contributed by atoms with van der Waals surface area (Å²) in [4.78, 5) is 6.51. The molecule has 0 radical (unpaired) electrons. The van der Waals surface area contributed by atoms with Gasteiger partial charge in [-0.05, 0) is 24.8 Å². The van der Waals surface area contributed by atoms with Gasteiger partial charge in [0.25, 0.3) is 0 Å². The van der Waals surface area contributed by atoms with Gasteiger partial charge < -0.3 is 10.2 Å². The van der Waals surface area contributed by atoms with Gasteiger partial charge in [-0.15, -0.1) is 0 Å². The topological polar surface area (TPSA) is 27.6 Å². The number of nitrogens with zero attached hydrogens (tertiary/aromatic N) is 2. The van der Waals surface area contributed by atoms with Crippen LogP contribution in [0.1, 0.15) is 24.8 Å². The van der Waals surface area contributed by atoms with Crippen molar-refractivity contribution < 1.29 is 0 Å². The van der Waals surface area contributed by atoms with Crippen molar-refractivity contribution in [1.82, 2.24) is 10.2 Å². The zero-order chi connectivity index (χ0) is 12.1. The lowest BCUT2D eigenvalue weighted by Crippen LogP contribution is -2.46. The summed E-state index contributed by atoms with van der Waals surface area (Å²) >= 11 is 0. The summed E-state index contributed by atoms with van der Waals surface area (Å²) in [6, 6.07) is 11.1. The molecule has 1 aliphatic rings. The van der Waals surface area contributed by atoms with Crippen LogP contribution in [-0.2, 0) is 6.54 Å². The molecule has 1 aliphatic carbocycles. The number of hydrogen-bond acceptors (Lipinski definition) is 1. The van der Waals surface area contributed by atoms with Gasteiger partial charge in [0.1, 0.15) is 0 Å². The van der Waals surface area contributed by atoms with E-state index >= 15 is 0 Å². The molecule has 1 saturated carbocycles. The fraction of sp³-hybridized carbons (Fsp3) is 0.500. The summed E-state index contributed by atoms with van der Waals surface area (Å²) in [6.07, 6.45) is 3.90. The number of aliphatic imine (C=N–C) groups is 1. The molecule has 0 amide bonds. The quantitative estimate of drug-likeness (QED) is 0.638. The highest BCUT2D eigenvalue weighted by molar-refractivity contribution is 5.80. The Bertz CT molecular complexity index is 368. The van der Waals surface area contributed by atoms with Crippen LogP contribution in [0.15, 0.2) is 35.3 Å². The van der Waals surface area contributed by atoms with E-state index in [4.69, 9.17) is 0 Å². The molecule has 3 nitrogen and oxygen atoms in total. The fourth-order valence-electron chi connectivity index (χ4n) is 2.01. The monoisotopic (exact) mass is 231 g/mol. The van der Waals surface area contributed by atoms with Gasteiger partial charge in [-0.1, -0.05) is 30.3 Å². The van der Waals surface area contributed by atoms with E-state index in [2.05, 4.69) is 46.5 Å². The first kappa shape index (κ1) is 12.0. The van der Waals surface area contributed by atoms with Crippen LogP contribution in [-0.4, -0.2) is 31.0 Å². The van der Waals surface area contributed by atoms with Crippen molar-refractivity contribution in [3.63, 3.8) is 0 Å². The van der Waals surface area contributed by atoms with Crippen LogP contribution in [0.5, 0.6) is 0 Å². The summed E-state index contributed by atoms with van der Waals surface area (Å²) in [6.45, 7) is 0.896. The zero-order valence-corrected chi connectivity index (χ0v) is 10.7. The lowest BCUT2D eigenvalue weighted by molar-refractivity contribution is 0.359. The van der Waals surface area contributed by atoms with Crippen molar-refractivity contribution in [2.75, 3.05) is 14.1 Å². The Morgan fingerprint density at radius 3 is 2.59 bits per heavy atom. The average molecular weight is 231 g/mol. The van der Waals surface area contributed by atoms with E-state index in [1.54, 1.807) is 0 Å². The number of hydrogen-bond donors (Lipinski definition) is 1. The molecule has 92 valence electrons. The van der Waals surface area contributed by atoms with E-state index in [0.717, 1.165) is 12.5 Å². The maximum atomic E-state index is 4.34. The first-order valence-electron chi connectivity index (χ1n) is 6.28. The molecule has 0 aliphatic heterocycles. The molecule has 0 atom stereocenters.